The third kappa shape index (κ3) is 3.59. The molecule has 90 valence electrons. The SMILES string of the molecule is CC(C)CC(C)N(C)C(=O)c1csc(Br)c1. The van der Waals surface area contributed by atoms with Crippen LogP contribution in [0, 0.1) is 5.92 Å². The van der Waals surface area contributed by atoms with Crippen LogP contribution in [0.3, 0.4) is 0 Å². The van der Waals surface area contributed by atoms with Gasteiger partial charge in [0.2, 0.25) is 0 Å². The van der Waals surface area contributed by atoms with Crippen molar-refractivity contribution in [3.8, 4) is 0 Å². The van der Waals surface area contributed by atoms with Crippen molar-refractivity contribution in [1.82, 2.24) is 4.90 Å². The number of hydrogen-bond donors (Lipinski definition) is 0. The monoisotopic (exact) mass is 303 g/mol. The molecule has 0 radical (unpaired) electrons. The third-order valence-corrected chi connectivity index (χ3v) is 4.11. The second-order valence-corrected chi connectivity index (χ2v) is 6.82. The number of carbonyl (C=O) groups excluding carboxylic acids is 1. The number of halogens is 1. The normalized spacial score (nSPS) is 12.9. The lowest BCUT2D eigenvalue weighted by Gasteiger charge is -2.26. The van der Waals surface area contributed by atoms with Crippen molar-refractivity contribution >= 4 is 33.2 Å². The number of nitrogens with zero attached hydrogens (tertiary/aromatic N) is 1. The quantitative estimate of drug-likeness (QED) is 0.823. The molecule has 0 spiro atoms. The van der Waals surface area contributed by atoms with Gasteiger partial charge in [-0.1, -0.05) is 13.8 Å². The molecule has 0 aliphatic rings. The van der Waals surface area contributed by atoms with E-state index in [0.717, 1.165) is 15.8 Å². The summed E-state index contributed by atoms with van der Waals surface area (Å²) in [6.07, 6.45) is 1.04. The van der Waals surface area contributed by atoms with Crippen LogP contribution in [-0.2, 0) is 0 Å². The summed E-state index contributed by atoms with van der Waals surface area (Å²) >= 11 is 4.92. The number of thiophene rings is 1. The molecule has 0 saturated carbocycles. The molecule has 0 bridgehead atoms. The first-order valence-electron chi connectivity index (χ1n) is 5.43. The zero-order valence-electron chi connectivity index (χ0n) is 10.2. The molecule has 1 aromatic rings. The molecule has 4 heteroatoms. The molecular formula is C12H18BrNOS. The van der Waals surface area contributed by atoms with Gasteiger partial charge < -0.3 is 4.90 Å². The molecule has 1 amide bonds. The Labute approximate surface area is 110 Å². The fourth-order valence-electron chi connectivity index (χ4n) is 1.67. The topological polar surface area (TPSA) is 20.3 Å². The minimum Gasteiger partial charge on any atom is -0.339 e. The van der Waals surface area contributed by atoms with Gasteiger partial charge >= 0.3 is 0 Å². The number of carbonyl (C=O) groups is 1. The van der Waals surface area contributed by atoms with E-state index in [0.29, 0.717) is 5.92 Å². The van der Waals surface area contributed by atoms with Gasteiger partial charge in [0.15, 0.2) is 0 Å². The first kappa shape index (κ1) is 13.7. The van der Waals surface area contributed by atoms with Gasteiger partial charge in [0.05, 0.1) is 9.35 Å². The van der Waals surface area contributed by atoms with Crippen molar-refractivity contribution in [2.75, 3.05) is 7.05 Å². The predicted molar refractivity (Wildman–Crippen MR) is 73.0 cm³/mol. The van der Waals surface area contributed by atoms with E-state index in [-0.39, 0.29) is 11.9 Å². The van der Waals surface area contributed by atoms with E-state index in [1.807, 2.05) is 23.4 Å². The number of hydrogen-bond acceptors (Lipinski definition) is 2. The molecule has 1 atom stereocenters. The molecule has 1 unspecified atom stereocenters. The second-order valence-electron chi connectivity index (χ2n) is 4.53. The lowest BCUT2D eigenvalue weighted by Crippen LogP contribution is -2.35. The van der Waals surface area contributed by atoms with Gasteiger partial charge in [-0.15, -0.1) is 11.3 Å². The van der Waals surface area contributed by atoms with Crippen LogP contribution < -0.4 is 0 Å². The van der Waals surface area contributed by atoms with Crippen LogP contribution in [0.5, 0.6) is 0 Å². The maximum atomic E-state index is 12.1. The van der Waals surface area contributed by atoms with Gasteiger partial charge in [-0.3, -0.25) is 4.79 Å². The van der Waals surface area contributed by atoms with Crippen molar-refractivity contribution in [1.29, 1.82) is 0 Å². The summed E-state index contributed by atoms with van der Waals surface area (Å²) in [7, 11) is 1.88. The van der Waals surface area contributed by atoms with Gasteiger partial charge in [-0.05, 0) is 41.3 Å². The summed E-state index contributed by atoms with van der Waals surface area (Å²) in [4.78, 5) is 13.9. The highest BCUT2D eigenvalue weighted by molar-refractivity contribution is 9.11. The molecule has 0 aliphatic heterocycles. The molecule has 0 aromatic carbocycles. The maximum Gasteiger partial charge on any atom is 0.254 e. The van der Waals surface area contributed by atoms with Crippen LogP contribution in [0.15, 0.2) is 15.2 Å². The Hall–Kier alpha value is -0.350. The van der Waals surface area contributed by atoms with Crippen LogP contribution in [0.4, 0.5) is 0 Å². The Balaban J connectivity index is 2.67. The summed E-state index contributed by atoms with van der Waals surface area (Å²) in [5.41, 5.74) is 0.773. The lowest BCUT2D eigenvalue weighted by atomic mass is 10.0. The Kier molecular flexibility index (Phi) is 4.99. The van der Waals surface area contributed by atoms with Crippen molar-refractivity contribution in [2.24, 2.45) is 5.92 Å². The Morgan fingerprint density at radius 1 is 1.50 bits per heavy atom. The van der Waals surface area contributed by atoms with Gasteiger partial charge in [0, 0.05) is 18.5 Å². The molecule has 0 aliphatic carbocycles. The van der Waals surface area contributed by atoms with E-state index >= 15 is 0 Å². The van der Waals surface area contributed by atoms with Crippen LogP contribution in [0.1, 0.15) is 37.6 Å². The Morgan fingerprint density at radius 2 is 2.12 bits per heavy atom. The van der Waals surface area contributed by atoms with E-state index in [2.05, 4.69) is 36.7 Å². The van der Waals surface area contributed by atoms with Crippen molar-refractivity contribution in [3.63, 3.8) is 0 Å². The minimum atomic E-state index is 0.107. The smallest absolute Gasteiger partial charge is 0.254 e. The molecule has 0 saturated heterocycles. The maximum absolute atomic E-state index is 12.1. The largest absolute Gasteiger partial charge is 0.339 e. The first-order chi connectivity index (χ1) is 7.41. The lowest BCUT2D eigenvalue weighted by molar-refractivity contribution is 0.0729. The molecule has 2 nitrogen and oxygen atoms in total. The number of rotatable bonds is 4. The van der Waals surface area contributed by atoms with E-state index in [9.17, 15) is 4.79 Å². The van der Waals surface area contributed by atoms with Crippen LogP contribution in [0.2, 0.25) is 0 Å². The summed E-state index contributed by atoms with van der Waals surface area (Å²) < 4.78 is 1.00. The Morgan fingerprint density at radius 3 is 2.56 bits per heavy atom. The van der Waals surface area contributed by atoms with Crippen LogP contribution in [-0.4, -0.2) is 23.9 Å². The van der Waals surface area contributed by atoms with E-state index in [1.54, 1.807) is 11.3 Å². The molecule has 0 N–H and O–H groups in total. The van der Waals surface area contributed by atoms with Crippen LogP contribution >= 0.6 is 27.3 Å². The fraction of sp³-hybridized carbons (Fsp3) is 0.583. The third-order valence-electron chi connectivity index (χ3n) is 2.61. The van der Waals surface area contributed by atoms with E-state index in [4.69, 9.17) is 0 Å². The van der Waals surface area contributed by atoms with Gasteiger partial charge in [-0.25, -0.2) is 0 Å². The second kappa shape index (κ2) is 5.82. The van der Waals surface area contributed by atoms with Gasteiger partial charge in [0.1, 0.15) is 0 Å². The van der Waals surface area contributed by atoms with E-state index < -0.39 is 0 Å². The van der Waals surface area contributed by atoms with Crippen molar-refractivity contribution in [2.45, 2.75) is 33.2 Å². The number of amides is 1. The van der Waals surface area contributed by atoms with Gasteiger partial charge in [-0.2, -0.15) is 0 Å². The summed E-state index contributed by atoms with van der Waals surface area (Å²) in [5, 5.41) is 1.89. The first-order valence-corrected chi connectivity index (χ1v) is 7.10. The zero-order valence-corrected chi connectivity index (χ0v) is 12.6. The summed E-state index contributed by atoms with van der Waals surface area (Å²) in [6.45, 7) is 6.45. The van der Waals surface area contributed by atoms with Crippen molar-refractivity contribution < 1.29 is 4.79 Å². The molecule has 0 fully saturated rings. The molecular weight excluding hydrogens is 286 g/mol. The van der Waals surface area contributed by atoms with Gasteiger partial charge in [0.25, 0.3) is 5.91 Å². The van der Waals surface area contributed by atoms with Crippen LogP contribution in [0.25, 0.3) is 0 Å². The standard InChI is InChI=1S/C12H18BrNOS/c1-8(2)5-9(3)14(4)12(15)10-6-11(13)16-7-10/h6-9H,5H2,1-4H3. The highest BCUT2D eigenvalue weighted by Gasteiger charge is 2.19. The molecule has 1 heterocycles. The highest BCUT2D eigenvalue weighted by atomic mass is 79.9. The minimum absolute atomic E-state index is 0.107. The molecule has 1 rings (SSSR count). The van der Waals surface area contributed by atoms with Crippen molar-refractivity contribution in [3.05, 3.63) is 20.8 Å². The van der Waals surface area contributed by atoms with E-state index in [1.165, 1.54) is 0 Å². The average molecular weight is 304 g/mol. The predicted octanol–water partition coefficient (Wildman–Crippen LogP) is 4.02. The molecule has 16 heavy (non-hydrogen) atoms. The highest BCUT2D eigenvalue weighted by Crippen LogP contribution is 2.22. The average Bonchev–Trinajstić information content (AvgIpc) is 2.61. The summed E-state index contributed by atoms with van der Waals surface area (Å²) in [5.74, 6) is 0.717. The fourth-order valence-corrected chi connectivity index (χ4v) is 2.80. The zero-order chi connectivity index (χ0) is 12.3. The Bertz CT molecular complexity index is 362. The summed E-state index contributed by atoms with van der Waals surface area (Å²) in [6, 6.07) is 2.16. The molecule has 1 aromatic heterocycles.